The number of fused-ring (bicyclic) bond motifs is 2. The Labute approximate surface area is 287 Å². The summed E-state index contributed by atoms with van der Waals surface area (Å²) in [5.41, 5.74) is 2.26. The van der Waals surface area contributed by atoms with Gasteiger partial charge in [0.15, 0.2) is 0 Å². The third kappa shape index (κ3) is 11.4. The van der Waals surface area contributed by atoms with Gasteiger partial charge in [0.2, 0.25) is 0 Å². The first-order valence-corrected chi connectivity index (χ1v) is 15.7. The van der Waals surface area contributed by atoms with E-state index in [4.69, 9.17) is 4.74 Å². The molecule has 0 heterocycles. The van der Waals surface area contributed by atoms with E-state index in [1.165, 1.54) is 5.39 Å². The zero-order valence-electron chi connectivity index (χ0n) is 26.8. The van der Waals surface area contributed by atoms with Gasteiger partial charge < -0.3 is 9.84 Å². The molecule has 5 aromatic rings. The molecule has 0 fully saturated rings. The first kappa shape index (κ1) is 38.2. The molecule has 0 aliphatic heterocycles. The molecule has 45 heavy (non-hydrogen) atoms. The zero-order valence-corrected chi connectivity index (χ0v) is 29.6. The van der Waals surface area contributed by atoms with Crippen LogP contribution in [0.5, 0.6) is 11.5 Å². The monoisotopic (exact) mass is 644 g/mol. The number of rotatable bonds is 7. The van der Waals surface area contributed by atoms with Gasteiger partial charge in [-0.2, -0.15) is 8.42 Å². The molecule has 0 spiro atoms. The largest absolute Gasteiger partial charge is 1.00 e. The zero-order chi connectivity index (χ0) is 32.3. The molecule has 0 unspecified atom stereocenters. The molecular weight excluding hydrogens is 605 g/mol. The average Bonchev–Trinajstić information content (AvgIpc) is 2.98. The summed E-state index contributed by atoms with van der Waals surface area (Å²) in [6, 6.07) is 30.4. The number of hydrogen-bond acceptors (Lipinski definition) is 5. The molecule has 0 aliphatic carbocycles. The summed E-state index contributed by atoms with van der Waals surface area (Å²) < 4.78 is 57.8. The van der Waals surface area contributed by atoms with Gasteiger partial charge >= 0.3 is 29.6 Å². The Hall–Kier alpha value is -3.01. The Morgan fingerprint density at radius 1 is 0.689 bits per heavy atom. The van der Waals surface area contributed by atoms with E-state index < -0.39 is 30.1 Å². The van der Waals surface area contributed by atoms with Crippen molar-refractivity contribution in [3.63, 3.8) is 0 Å². The maximum Gasteiger partial charge on any atom is 1.00 e. The Balaban J connectivity index is 0.000000240. The number of halogens is 2. The SMILES string of the molecule is Cc1cc(C(C)(C)C)cc(C)c1S(=O)(=O)OCCF.FCCOc1ccc2ccccc2c1.[Na+].[O-]c1ccc2ccccc2c1. The average molecular weight is 645 g/mol. The molecule has 0 aromatic heterocycles. The number of benzene rings is 5. The van der Waals surface area contributed by atoms with Crippen molar-refractivity contribution in [3.05, 3.63) is 114 Å². The van der Waals surface area contributed by atoms with Crippen LogP contribution in [0.1, 0.15) is 37.5 Å². The Morgan fingerprint density at radius 2 is 1.18 bits per heavy atom. The van der Waals surface area contributed by atoms with Crippen LogP contribution in [0.2, 0.25) is 0 Å². The fourth-order valence-electron chi connectivity index (χ4n) is 4.56. The minimum absolute atomic E-state index is 0. The van der Waals surface area contributed by atoms with Gasteiger partial charge in [0.25, 0.3) is 10.1 Å². The number of aryl methyl sites for hydroxylation is 2. The summed E-state index contributed by atoms with van der Waals surface area (Å²) in [5.74, 6) is 0.796. The van der Waals surface area contributed by atoms with Crippen molar-refractivity contribution < 1.29 is 60.8 Å². The van der Waals surface area contributed by atoms with Crippen LogP contribution >= 0.6 is 0 Å². The predicted octanol–water partition coefficient (Wildman–Crippen LogP) is 5.38. The van der Waals surface area contributed by atoms with Crippen molar-refractivity contribution in [1.82, 2.24) is 0 Å². The summed E-state index contributed by atoms with van der Waals surface area (Å²) in [6.45, 7) is 8.06. The first-order chi connectivity index (χ1) is 20.9. The van der Waals surface area contributed by atoms with Crippen molar-refractivity contribution in [2.24, 2.45) is 0 Å². The topological polar surface area (TPSA) is 75.7 Å². The van der Waals surface area contributed by atoms with Crippen LogP contribution in [-0.2, 0) is 19.7 Å². The molecule has 0 radical (unpaired) electrons. The molecule has 5 aromatic carbocycles. The van der Waals surface area contributed by atoms with E-state index in [9.17, 15) is 22.3 Å². The Kier molecular flexibility index (Phi) is 14.9. The molecule has 9 heteroatoms. The van der Waals surface area contributed by atoms with Crippen molar-refractivity contribution >= 4 is 31.7 Å². The fraction of sp³-hybridized carbons (Fsp3) is 0.278. The van der Waals surface area contributed by atoms with E-state index in [1.54, 1.807) is 26.0 Å². The minimum Gasteiger partial charge on any atom is -0.872 e. The Morgan fingerprint density at radius 3 is 1.69 bits per heavy atom. The number of hydrogen-bond donors (Lipinski definition) is 0. The maximum atomic E-state index is 12.1. The number of alkyl halides is 2. The van der Waals surface area contributed by atoms with Crippen molar-refractivity contribution in [1.29, 1.82) is 0 Å². The molecule has 0 N–H and O–H groups in total. The normalized spacial score (nSPS) is 11.1. The number of ether oxygens (including phenoxy) is 1. The van der Waals surface area contributed by atoms with Gasteiger partial charge in [-0.25, -0.2) is 8.78 Å². The van der Waals surface area contributed by atoms with E-state index >= 15 is 0 Å². The second kappa shape index (κ2) is 17.6. The minimum atomic E-state index is -3.89. The fourth-order valence-corrected chi connectivity index (χ4v) is 5.87. The summed E-state index contributed by atoms with van der Waals surface area (Å²) in [7, 11) is -3.89. The van der Waals surface area contributed by atoms with Crippen molar-refractivity contribution in [3.8, 4) is 11.5 Å². The molecule has 5 rings (SSSR count). The molecule has 5 nitrogen and oxygen atoms in total. The smallest absolute Gasteiger partial charge is 0.872 e. The van der Waals surface area contributed by atoms with Gasteiger partial charge in [-0.3, -0.25) is 4.18 Å². The second-order valence-electron chi connectivity index (χ2n) is 11.2. The summed E-state index contributed by atoms with van der Waals surface area (Å²) in [6.07, 6.45) is 0. The molecule has 234 valence electrons. The summed E-state index contributed by atoms with van der Waals surface area (Å²) >= 11 is 0. The van der Waals surface area contributed by atoms with Crippen LogP contribution in [0.25, 0.3) is 21.5 Å². The molecule has 0 amide bonds. The van der Waals surface area contributed by atoms with Crippen molar-refractivity contribution in [2.75, 3.05) is 26.6 Å². The van der Waals surface area contributed by atoms with Gasteiger partial charge in [-0.1, -0.05) is 106 Å². The first-order valence-electron chi connectivity index (χ1n) is 14.3. The molecular formula is C36H39F2NaO5S. The molecule has 0 saturated heterocycles. The van der Waals surface area contributed by atoms with Gasteiger partial charge in [0.05, 0.1) is 11.5 Å². The summed E-state index contributed by atoms with van der Waals surface area (Å²) in [4.78, 5) is 0.147. The standard InChI is InChI=1S/C14H21FO3S.C12H11FO.C10H8O.Na/c1-10-8-12(14(3,4)5)9-11(2)13(10)19(16,17)18-7-6-15;13-7-8-14-12-6-5-10-3-1-2-4-11(10)9-12;11-10-6-5-8-3-1-2-4-9(8)7-10;/h8-9H,6-7H2,1-5H3;1-6,9H,7-8H2;1-7,11H;/q;;;+1/p-1. The van der Waals surface area contributed by atoms with E-state index in [2.05, 4.69) is 25.0 Å². The van der Waals surface area contributed by atoms with Crippen LogP contribution in [-0.4, -0.2) is 35.0 Å². The van der Waals surface area contributed by atoms with Gasteiger partial charge in [0, 0.05) is 0 Å². The van der Waals surface area contributed by atoms with Crippen LogP contribution < -0.4 is 39.4 Å². The molecule has 0 atom stereocenters. The van der Waals surface area contributed by atoms with E-state index in [0.717, 1.165) is 27.5 Å². The van der Waals surface area contributed by atoms with Gasteiger partial charge in [0.1, 0.15) is 25.7 Å². The van der Waals surface area contributed by atoms with Crippen LogP contribution in [0, 0.1) is 13.8 Å². The van der Waals surface area contributed by atoms with Gasteiger partial charge in [-0.15, -0.1) is 5.75 Å². The molecule has 0 saturated carbocycles. The Bertz CT molecular complexity index is 1760. The second-order valence-corrected chi connectivity index (χ2v) is 12.8. The third-order valence-electron chi connectivity index (χ3n) is 6.68. The van der Waals surface area contributed by atoms with Crippen molar-refractivity contribution in [2.45, 2.75) is 44.9 Å². The predicted molar refractivity (Wildman–Crippen MR) is 173 cm³/mol. The molecule has 0 bridgehead atoms. The molecule has 0 aliphatic rings. The van der Waals surface area contributed by atoms with Crippen LogP contribution in [0.4, 0.5) is 8.78 Å². The van der Waals surface area contributed by atoms with E-state index in [-0.39, 0.29) is 52.2 Å². The van der Waals surface area contributed by atoms with Crippen LogP contribution in [0.3, 0.4) is 0 Å². The summed E-state index contributed by atoms with van der Waals surface area (Å²) in [5, 5.41) is 15.3. The third-order valence-corrected chi connectivity index (χ3v) is 8.30. The quantitative estimate of drug-likeness (QED) is 0.176. The van der Waals surface area contributed by atoms with E-state index in [1.807, 2.05) is 84.9 Å². The maximum absolute atomic E-state index is 12.1. The van der Waals surface area contributed by atoms with Gasteiger partial charge in [-0.05, 0) is 69.6 Å². The van der Waals surface area contributed by atoms with Crippen LogP contribution in [0.15, 0.2) is 102 Å². The van der Waals surface area contributed by atoms with E-state index in [0.29, 0.717) is 11.1 Å².